The van der Waals surface area contributed by atoms with Gasteiger partial charge < -0.3 is 15.9 Å². The number of nitrogens with two attached hydrogens (primary N) is 1. The Hall–Kier alpha value is -0.570. The van der Waals surface area contributed by atoms with Crippen molar-refractivity contribution in [2.45, 2.75) is 17.1 Å². The highest BCUT2D eigenvalue weighted by Crippen LogP contribution is 2.35. The number of anilines is 1. The minimum Gasteiger partial charge on any atom is -0.396 e. The molecule has 1 aromatic carbocycles. The van der Waals surface area contributed by atoms with Crippen LogP contribution in [-0.4, -0.2) is 48.2 Å². The number of β-amino-alcohol motifs (C(OH)–C–C–N with tert-alkyl or cyclic N) is 2. The predicted molar refractivity (Wildman–Crippen MR) is 71.6 cm³/mol. The predicted octanol–water partition coefficient (Wildman–Crippen LogP) is 0.302. The van der Waals surface area contributed by atoms with Gasteiger partial charge >= 0.3 is 0 Å². The molecule has 1 aliphatic rings. The second kappa shape index (κ2) is 5.08. The van der Waals surface area contributed by atoms with Crippen LogP contribution in [0.2, 0.25) is 10.0 Å². The molecule has 4 N–H and O–H groups in total. The van der Waals surface area contributed by atoms with Crippen LogP contribution >= 0.6 is 23.2 Å². The van der Waals surface area contributed by atoms with Crippen LogP contribution in [0.5, 0.6) is 0 Å². The molecule has 1 fully saturated rings. The first-order valence-corrected chi connectivity index (χ1v) is 7.54. The summed E-state index contributed by atoms with van der Waals surface area (Å²) in [6.07, 6.45) is -2.23. The minimum absolute atomic E-state index is 0.0234. The lowest BCUT2D eigenvalue weighted by atomic mass is 10.3. The highest BCUT2D eigenvalue weighted by molar-refractivity contribution is 7.89. The van der Waals surface area contributed by atoms with E-state index in [0.717, 1.165) is 4.31 Å². The summed E-state index contributed by atoms with van der Waals surface area (Å²) in [5.41, 5.74) is 5.56. The summed E-state index contributed by atoms with van der Waals surface area (Å²) in [5.74, 6) is 0. The van der Waals surface area contributed by atoms with E-state index in [1.54, 1.807) is 0 Å². The van der Waals surface area contributed by atoms with E-state index in [9.17, 15) is 18.6 Å². The smallest absolute Gasteiger partial charge is 0.244 e. The zero-order valence-electron chi connectivity index (χ0n) is 9.62. The minimum atomic E-state index is -3.93. The van der Waals surface area contributed by atoms with E-state index in [1.807, 2.05) is 0 Å². The van der Waals surface area contributed by atoms with Gasteiger partial charge in [0.05, 0.1) is 27.9 Å². The molecule has 0 aliphatic carbocycles. The number of halogens is 2. The monoisotopic (exact) mass is 326 g/mol. The Morgan fingerprint density at radius 2 is 1.74 bits per heavy atom. The van der Waals surface area contributed by atoms with E-state index in [-0.39, 0.29) is 33.7 Å². The van der Waals surface area contributed by atoms with Crippen LogP contribution in [0.3, 0.4) is 0 Å². The number of benzene rings is 1. The van der Waals surface area contributed by atoms with Gasteiger partial charge in [0.25, 0.3) is 0 Å². The molecule has 1 aliphatic heterocycles. The third-order valence-corrected chi connectivity index (χ3v) is 5.66. The first-order valence-electron chi connectivity index (χ1n) is 5.35. The molecule has 2 rings (SSSR count). The van der Waals surface area contributed by atoms with Crippen LogP contribution in [0, 0.1) is 0 Å². The lowest BCUT2D eigenvalue weighted by Gasteiger charge is -2.17. The van der Waals surface area contributed by atoms with Crippen LogP contribution in [-0.2, 0) is 10.0 Å². The Morgan fingerprint density at radius 3 is 2.26 bits per heavy atom. The third kappa shape index (κ3) is 2.54. The second-order valence-corrected chi connectivity index (χ2v) is 6.92. The summed E-state index contributed by atoms with van der Waals surface area (Å²) >= 11 is 11.6. The molecule has 0 aromatic heterocycles. The maximum Gasteiger partial charge on any atom is 0.244 e. The third-order valence-electron chi connectivity index (χ3n) is 2.93. The molecular formula is C10H12Cl2N2O4S. The fourth-order valence-corrected chi connectivity index (χ4v) is 4.03. The number of sulfonamides is 1. The fourth-order valence-electron chi connectivity index (χ4n) is 1.82. The van der Waals surface area contributed by atoms with Crippen molar-refractivity contribution in [3.05, 3.63) is 22.2 Å². The highest BCUT2D eigenvalue weighted by Gasteiger charge is 2.38. The van der Waals surface area contributed by atoms with Gasteiger partial charge in [-0.2, -0.15) is 4.31 Å². The first kappa shape index (κ1) is 14.8. The van der Waals surface area contributed by atoms with E-state index in [1.165, 1.54) is 12.1 Å². The van der Waals surface area contributed by atoms with Gasteiger partial charge in [0.15, 0.2) is 0 Å². The average Bonchev–Trinajstić information content (AvgIpc) is 2.67. The number of aliphatic hydroxyl groups is 2. The molecule has 2 unspecified atom stereocenters. The van der Waals surface area contributed by atoms with Gasteiger partial charge in [-0.1, -0.05) is 23.2 Å². The van der Waals surface area contributed by atoms with E-state index in [2.05, 4.69) is 0 Å². The topological polar surface area (TPSA) is 104 Å². The summed E-state index contributed by atoms with van der Waals surface area (Å²) in [6, 6.07) is 2.58. The van der Waals surface area contributed by atoms with Crippen molar-refractivity contribution in [2.75, 3.05) is 18.8 Å². The summed E-state index contributed by atoms with van der Waals surface area (Å²) in [7, 11) is -3.93. The van der Waals surface area contributed by atoms with E-state index >= 15 is 0 Å². The Kier molecular flexibility index (Phi) is 3.97. The molecule has 2 atom stereocenters. The van der Waals surface area contributed by atoms with Crippen molar-refractivity contribution in [1.29, 1.82) is 0 Å². The van der Waals surface area contributed by atoms with Crippen LogP contribution < -0.4 is 5.73 Å². The maximum atomic E-state index is 12.3. The lowest BCUT2D eigenvalue weighted by molar-refractivity contribution is 0.0572. The quantitative estimate of drug-likeness (QED) is 0.678. The molecule has 1 aromatic rings. The number of rotatable bonds is 2. The number of nitrogen functional groups attached to an aromatic ring is 1. The Labute approximate surface area is 120 Å². The summed E-state index contributed by atoms with van der Waals surface area (Å²) in [4.78, 5) is -0.197. The van der Waals surface area contributed by atoms with Crippen LogP contribution in [0.15, 0.2) is 17.0 Å². The highest BCUT2D eigenvalue weighted by atomic mass is 35.5. The zero-order chi connectivity index (χ0) is 14.4. The van der Waals surface area contributed by atoms with Crippen LogP contribution in [0.25, 0.3) is 0 Å². The van der Waals surface area contributed by atoms with Gasteiger partial charge in [-0.05, 0) is 12.1 Å². The molecule has 9 heteroatoms. The maximum absolute atomic E-state index is 12.3. The average molecular weight is 327 g/mol. The van der Waals surface area contributed by atoms with Gasteiger partial charge in [0.1, 0.15) is 4.90 Å². The number of aliphatic hydroxyl groups excluding tert-OH is 2. The largest absolute Gasteiger partial charge is 0.396 e. The molecule has 1 saturated heterocycles. The van der Waals surface area contributed by atoms with Crippen molar-refractivity contribution in [3.63, 3.8) is 0 Å². The lowest BCUT2D eigenvalue weighted by Crippen LogP contribution is -2.30. The van der Waals surface area contributed by atoms with Crippen molar-refractivity contribution < 1.29 is 18.6 Å². The zero-order valence-corrected chi connectivity index (χ0v) is 12.0. The van der Waals surface area contributed by atoms with Crippen molar-refractivity contribution >= 4 is 38.9 Å². The van der Waals surface area contributed by atoms with Gasteiger partial charge in [-0.15, -0.1) is 0 Å². The molecule has 1 heterocycles. The normalized spacial score (nSPS) is 24.8. The molecule has 19 heavy (non-hydrogen) atoms. The molecule has 6 nitrogen and oxygen atoms in total. The Morgan fingerprint density at radius 1 is 1.21 bits per heavy atom. The van der Waals surface area contributed by atoms with Gasteiger partial charge in [-0.3, -0.25) is 0 Å². The van der Waals surface area contributed by atoms with E-state index in [0.29, 0.717) is 0 Å². The van der Waals surface area contributed by atoms with Crippen molar-refractivity contribution in [2.24, 2.45) is 0 Å². The van der Waals surface area contributed by atoms with Gasteiger partial charge in [-0.25, -0.2) is 8.42 Å². The molecule has 0 saturated carbocycles. The standard InChI is InChI=1S/C10H12Cl2N2O4S/c11-5-1-2-8(9(12)10(5)13)19(17,18)14-3-6(15)7(16)4-14/h1-2,6-7,15-16H,3-4,13H2. The molecule has 0 spiro atoms. The number of hydrogen-bond acceptors (Lipinski definition) is 5. The van der Waals surface area contributed by atoms with Crippen molar-refractivity contribution in [1.82, 2.24) is 4.31 Å². The molecule has 0 bridgehead atoms. The molecule has 106 valence electrons. The molecule has 0 amide bonds. The molecule has 0 radical (unpaired) electrons. The van der Waals surface area contributed by atoms with Crippen LogP contribution in [0.1, 0.15) is 0 Å². The molecular weight excluding hydrogens is 315 g/mol. The first-order chi connectivity index (χ1) is 8.75. The number of nitrogens with zero attached hydrogens (tertiary/aromatic N) is 1. The second-order valence-electron chi connectivity index (χ2n) is 4.23. The van der Waals surface area contributed by atoms with Gasteiger partial charge in [0, 0.05) is 13.1 Å². The van der Waals surface area contributed by atoms with E-state index < -0.39 is 22.2 Å². The summed E-state index contributed by atoms with van der Waals surface area (Å²) < 4.78 is 25.6. The van der Waals surface area contributed by atoms with Crippen molar-refractivity contribution in [3.8, 4) is 0 Å². The van der Waals surface area contributed by atoms with Gasteiger partial charge in [0.2, 0.25) is 10.0 Å². The Bertz CT molecular complexity index is 598. The SMILES string of the molecule is Nc1c(Cl)ccc(S(=O)(=O)N2CC(O)C(O)C2)c1Cl. The fraction of sp³-hybridized carbons (Fsp3) is 0.400. The van der Waals surface area contributed by atoms with Crippen LogP contribution in [0.4, 0.5) is 5.69 Å². The van der Waals surface area contributed by atoms with E-state index in [4.69, 9.17) is 28.9 Å². The number of hydrogen-bond donors (Lipinski definition) is 3. The summed E-state index contributed by atoms with van der Waals surface area (Å²) in [6.45, 7) is -0.384. The Balaban J connectivity index is 2.44. The summed E-state index contributed by atoms with van der Waals surface area (Å²) in [5, 5.41) is 18.8.